The summed E-state index contributed by atoms with van der Waals surface area (Å²) in [5.74, 6) is -3.01. The third-order valence-corrected chi connectivity index (χ3v) is 10.3. The Hall–Kier alpha value is -4.36. The van der Waals surface area contributed by atoms with Crippen molar-refractivity contribution in [2.24, 2.45) is 0 Å². The number of fused-ring (bicyclic) bond motifs is 2. The summed E-state index contributed by atoms with van der Waals surface area (Å²) in [6, 6.07) is 21.0. The Kier molecular flexibility index (Phi) is 9.49. The molecular weight excluding hydrogens is 622 g/mol. The molecule has 1 atom stereocenters. The summed E-state index contributed by atoms with van der Waals surface area (Å²) in [5, 5.41) is 16.2. The molecule has 0 radical (unpaired) electrons. The van der Waals surface area contributed by atoms with Gasteiger partial charge in [0.1, 0.15) is 0 Å². The number of carboxylic acids is 2. The van der Waals surface area contributed by atoms with E-state index in [1.807, 2.05) is 24.3 Å². The van der Waals surface area contributed by atoms with Crippen LogP contribution in [0.5, 0.6) is 0 Å². The lowest BCUT2D eigenvalue weighted by atomic mass is 9.95. The zero-order valence-corrected chi connectivity index (χ0v) is 25.5. The maximum absolute atomic E-state index is 13.7. The maximum Gasteiger partial charge on any atom is 0.328 e. The highest BCUT2D eigenvalue weighted by Gasteiger charge is 2.47. The molecule has 1 saturated heterocycles. The van der Waals surface area contributed by atoms with Gasteiger partial charge >= 0.3 is 11.9 Å². The SMILES string of the molecule is O=C(O)/C=C\C(=O)O.O=C1c2ccccc2C(=O)N1CCN1CCC(N2C(c3ccc(Cl)cc3)c3ccccc3S2(=O)=O)CC1. The number of amides is 2. The van der Waals surface area contributed by atoms with Gasteiger partial charge in [0.2, 0.25) is 10.0 Å². The molecule has 3 aliphatic rings. The van der Waals surface area contributed by atoms with Crippen molar-refractivity contribution >= 4 is 45.4 Å². The van der Waals surface area contributed by atoms with E-state index >= 15 is 0 Å². The van der Waals surface area contributed by atoms with Crippen molar-refractivity contribution in [1.29, 1.82) is 0 Å². The largest absolute Gasteiger partial charge is 0.478 e. The van der Waals surface area contributed by atoms with Crippen LogP contribution >= 0.6 is 11.6 Å². The van der Waals surface area contributed by atoms with Crippen molar-refractivity contribution in [1.82, 2.24) is 14.1 Å². The molecule has 0 aliphatic carbocycles. The Morgan fingerprint density at radius 3 is 1.89 bits per heavy atom. The molecule has 11 nitrogen and oxygen atoms in total. The number of benzene rings is 3. The number of carbonyl (C=O) groups excluding carboxylic acids is 2. The van der Waals surface area contributed by atoms with Gasteiger partial charge in [-0.2, -0.15) is 4.31 Å². The number of rotatable bonds is 7. The molecule has 0 saturated carbocycles. The third kappa shape index (κ3) is 6.69. The lowest BCUT2D eigenvalue weighted by molar-refractivity contribution is -0.134. The Morgan fingerprint density at radius 1 is 0.800 bits per heavy atom. The van der Waals surface area contributed by atoms with Crippen molar-refractivity contribution in [3.63, 3.8) is 0 Å². The van der Waals surface area contributed by atoms with E-state index in [1.165, 1.54) is 4.90 Å². The van der Waals surface area contributed by atoms with E-state index in [0.29, 0.717) is 72.2 Å². The Balaban J connectivity index is 0.000000444. The molecule has 2 amide bonds. The van der Waals surface area contributed by atoms with Gasteiger partial charge in [-0.3, -0.25) is 14.5 Å². The molecule has 234 valence electrons. The number of hydrogen-bond donors (Lipinski definition) is 2. The van der Waals surface area contributed by atoms with E-state index < -0.39 is 28.0 Å². The molecule has 13 heteroatoms. The first-order valence-corrected chi connectivity index (χ1v) is 16.0. The monoisotopic (exact) mass is 651 g/mol. The number of nitrogens with zero attached hydrogens (tertiary/aromatic N) is 3. The van der Waals surface area contributed by atoms with Crippen LogP contribution in [-0.4, -0.2) is 88.7 Å². The minimum atomic E-state index is -3.66. The van der Waals surface area contributed by atoms with Crippen molar-refractivity contribution in [3.8, 4) is 0 Å². The van der Waals surface area contributed by atoms with Crippen LogP contribution in [-0.2, 0) is 19.6 Å². The number of carboxylic acid groups (broad SMARTS) is 2. The fraction of sp³-hybridized carbons (Fsp3) is 0.250. The third-order valence-electron chi connectivity index (χ3n) is 8.01. The maximum atomic E-state index is 13.7. The molecule has 2 N–H and O–H groups in total. The van der Waals surface area contributed by atoms with Gasteiger partial charge in [0.05, 0.1) is 22.1 Å². The van der Waals surface area contributed by atoms with Crippen LogP contribution in [0, 0.1) is 0 Å². The van der Waals surface area contributed by atoms with Crippen molar-refractivity contribution in [2.45, 2.75) is 29.8 Å². The average Bonchev–Trinajstić information content (AvgIpc) is 3.42. The second-order valence-corrected chi connectivity index (χ2v) is 13.0. The Morgan fingerprint density at radius 2 is 1.33 bits per heavy atom. The standard InChI is InChI=1S/C28H26ClN3O4S.C4H4O4/c29-20-11-9-19(10-12-20)26-24-7-3-4-8-25(24)37(35,36)32(26)21-13-15-30(16-14-21)17-18-31-27(33)22-5-1-2-6-23(22)28(31)34;5-3(6)1-2-4(7)8/h1-12,21,26H,13-18H2;1-2H,(H,5,6)(H,7,8)/b;2-1-. The van der Waals surface area contributed by atoms with Crippen LogP contribution in [0.1, 0.15) is 50.7 Å². The fourth-order valence-corrected chi connectivity index (χ4v) is 8.13. The molecule has 3 heterocycles. The quantitative estimate of drug-likeness (QED) is 0.286. The van der Waals surface area contributed by atoms with Gasteiger partial charge in [-0.1, -0.05) is 54.1 Å². The normalized spacial score (nSPS) is 19.7. The van der Waals surface area contributed by atoms with Crippen molar-refractivity contribution in [3.05, 3.63) is 112 Å². The van der Waals surface area contributed by atoms with Gasteiger partial charge in [0.25, 0.3) is 11.8 Å². The number of likely N-dealkylation sites (tertiary alicyclic amines) is 1. The molecule has 3 aromatic rings. The molecule has 0 aromatic heterocycles. The van der Waals surface area contributed by atoms with Crippen molar-refractivity contribution < 1.29 is 37.8 Å². The van der Waals surface area contributed by atoms with E-state index in [2.05, 4.69) is 4.90 Å². The molecule has 1 unspecified atom stereocenters. The van der Waals surface area contributed by atoms with Crippen LogP contribution in [0.25, 0.3) is 0 Å². The molecule has 0 spiro atoms. The van der Waals surface area contributed by atoms with Crippen LogP contribution in [0.4, 0.5) is 0 Å². The van der Waals surface area contributed by atoms with E-state index in [9.17, 15) is 27.6 Å². The first-order valence-electron chi connectivity index (χ1n) is 14.2. The van der Waals surface area contributed by atoms with Crippen LogP contribution in [0.3, 0.4) is 0 Å². The molecule has 3 aliphatic heterocycles. The Labute approximate surface area is 265 Å². The topological polar surface area (TPSA) is 153 Å². The number of halogens is 1. The number of piperidine rings is 1. The summed E-state index contributed by atoms with van der Waals surface area (Å²) < 4.78 is 29.1. The lowest BCUT2D eigenvalue weighted by Crippen LogP contribution is -2.48. The molecule has 3 aromatic carbocycles. The van der Waals surface area contributed by atoms with E-state index in [1.54, 1.807) is 52.8 Å². The summed E-state index contributed by atoms with van der Waals surface area (Å²) in [5.41, 5.74) is 2.60. The van der Waals surface area contributed by atoms with Gasteiger partial charge in [0.15, 0.2) is 0 Å². The zero-order chi connectivity index (χ0) is 32.3. The van der Waals surface area contributed by atoms with Gasteiger partial charge in [0, 0.05) is 36.3 Å². The number of sulfonamides is 1. The number of hydrogen-bond acceptors (Lipinski definition) is 7. The molecule has 1 fully saturated rings. The second-order valence-electron chi connectivity index (χ2n) is 10.7. The summed E-state index contributed by atoms with van der Waals surface area (Å²) in [7, 11) is -3.66. The van der Waals surface area contributed by atoms with Crippen molar-refractivity contribution in [2.75, 3.05) is 26.2 Å². The van der Waals surface area contributed by atoms with E-state index in [-0.39, 0.29) is 17.9 Å². The van der Waals surface area contributed by atoms with E-state index in [0.717, 1.165) is 11.1 Å². The van der Waals surface area contributed by atoms with Gasteiger partial charge in [-0.05, 0) is 67.4 Å². The number of imide groups is 1. The summed E-state index contributed by atoms with van der Waals surface area (Å²) in [6.07, 6.45) is 2.45. The predicted molar refractivity (Wildman–Crippen MR) is 164 cm³/mol. The highest BCUT2D eigenvalue weighted by Crippen LogP contribution is 2.46. The summed E-state index contributed by atoms with van der Waals surface area (Å²) in [6.45, 7) is 2.25. The summed E-state index contributed by atoms with van der Waals surface area (Å²) >= 11 is 6.11. The van der Waals surface area contributed by atoms with E-state index in [4.69, 9.17) is 21.8 Å². The molecular formula is C32H30ClN3O8S. The zero-order valence-electron chi connectivity index (χ0n) is 24.0. The Bertz CT molecular complexity index is 1720. The highest BCUT2D eigenvalue weighted by molar-refractivity contribution is 7.89. The molecule has 6 rings (SSSR count). The van der Waals surface area contributed by atoms with Crippen LogP contribution in [0.15, 0.2) is 89.8 Å². The molecule has 45 heavy (non-hydrogen) atoms. The highest BCUT2D eigenvalue weighted by atomic mass is 35.5. The lowest BCUT2D eigenvalue weighted by Gasteiger charge is -2.38. The number of aliphatic carboxylic acids is 2. The minimum absolute atomic E-state index is 0.159. The first-order chi connectivity index (χ1) is 21.5. The number of carbonyl (C=O) groups is 4. The van der Waals surface area contributed by atoms with Gasteiger partial charge in [-0.15, -0.1) is 0 Å². The molecule has 0 bridgehead atoms. The smallest absolute Gasteiger partial charge is 0.328 e. The second kappa shape index (κ2) is 13.3. The van der Waals surface area contributed by atoms with Gasteiger partial charge in [-0.25, -0.2) is 18.0 Å². The van der Waals surface area contributed by atoms with Crippen LogP contribution in [0.2, 0.25) is 5.02 Å². The average molecular weight is 652 g/mol. The summed E-state index contributed by atoms with van der Waals surface area (Å²) in [4.78, 5) is 48.4. The van der Waals surface area contributed by atoms with Gasteiger partial charge < -0.3 is 15.1 Å². The minimum Gasteiger partial charge on any atom is -0.478 e. The van der Waals surface area contributed by atoms with Crippen LogP contribution < -0.4 is 0 Å². The fourth-order valence-electron chi connectivity index (χ4n) is 5.93. The predicted octanol–water partition coefficient (Wildman–Crippen LogP) is 3.91. The first kappa shape index (κ1) is 32.0.